The van der Waals surface area contributed by atoms with Crippen LogP contribution in [0.5, 0.6) is 0 Å². The first-order valence-electron chi connectivity index (χ1n) is 10.2. The second-order valence-electron chi connectivity index (χ2n) is 8.76. The van der Waals surface area contributed by atoms with E-state index in [4.69, 9.17) is 4.74 Å². The number of esters is 1. The van der Waals surface area contributed by atoms with Crippen molar-refractivity contribution in [2.75, 3.05) is 6.54 Å². The van der Waals surface area contributed by atoms with E-state index in [1.165, 1.54) is 24.3 Å². The van der Waals surface area contributed by atoms with Gasteiger partial charge in [0.1, 0.15) is 29.5 Å². The Morgan fingerprint density at radius 2 is 1.74 bits per heavy atom. The Kier molecular flexibility index (Phi) is 5.29. The van der Waals surface area contributed by atoms with Gasteiger partial charge in [0.15, 0.2) is 0 Å². The second-order valence-corrected chi connectivity index (χ2v) is 8.76. The van der Waals surface area contributed by atoms with Gasteiger partial charge in [-0.2, -0.15) is 0 Å². The Bertz CT molecular complexity index is 1160. The van der Waals surface area contributed by atoms with Gasteiger partial charge < -0.3 is 14.2 Å². The summed E-state index contributed by atoms with van der Waals surface area (Å²) in [6.07, 6.45) is 0.531. The number of benzene rings is 2. The lowest BCUT2D eigenvalue weighted by molar-refractivity contribution is -0.155. The van der Waals surface area contributed by atoms with Crippen molar-refractivity contribution in [3.63, 3.8) is 0 Å². The summed E-state index contributed by atoms with van der Waals surface area (Å²) < 4.78 is 34.3. The van der Waals surface area contributed by atoms with Crippen LogP contribution >= 0.6 is 0 Å². The first-order chi connectivity index (χ1) is 14.6. The molecule has 1 aliphatic rings. The zero-order chi connectivity index (χ0) is 22.3. The number of hydrogen-bond acceptors (Lipinski definition) is 3. The molecule has 0 atom stereocenters. The molecule has 5 nitrogen and oxygen atoms in total. The third-order valence-electron chi connectivity index (χ3n) is 5.25. The number of amides is 1. The summed E-state index contributed by atoms with van der Waals surface area (Å²) in [5, 5.41) is 0.633. The van der Waals surface area contributed by atoms with Gasteiger partial charge in [0.05, 0.1) is 0 Å². The summed E-state index contributed by atoms with van der Waals surface area (Å²) in [6, 6.07) is 10.3. The lowest BCUT2D eigenvalue weighted by Crippen LogP contribution is -2.38. The normalized spacial score (nSPS) is 14.1. The minimum Gasteiger partial charge on any atom is -0.459 e. The first-order valence-corrected chi connectivity index (χ1v) is 10.2. The van der Waals surface area contributed by atoms with Crippen molar-refractivity contribution in [1.29, 1.82) is 0 Å². The van der Waals surface area contributed by atoms with E-state index in [9.17, 15) is 18.4 Å². The van der Waals surface area contributed by atoms with Gasteiger partial charge in [0, 0.05) is 24.0 Å². The van der Waals surface area contributed by atoms with Gasteiger partial charge in [-0.15, -0.1) is 0 Å². The van der Waals surface area contributed by atoms with Crippen molar-refractivity contribution in [3.8, 4) is 0 Å². The van der Waals surface area contributed by atoms with Crippen molar-refractivity contribution < 1.29 is 23.1 Å². The van der Waals surface area contributed by atoms with Crippen molar-refractivity contribution in [2.24, 2.45) is 0 Å². The summed E-state index contributed by atoms with van der Waals surface area (Å²) in [7, 11) is 0. The van der Waals surface area contributed by atoms with E-state index in [0.29, 0.717) is 36.1 Å². The molecule has 1 aromatic heterocycles. The van der Waals surface area contributed by atoms with Gasteiger partial charge in [-0.3, -0.25) is 9.59 Å². The standard InChI is InChI=1S/C24H24F2N2O3/c1-24(2,3)31-21(29)14-28-20-9-8-17(26)12-19(20)18-10-11-27(23(30)22(18)28)13-15-4-6-16(25)7-5-15/h4-9,12H,10-11,13-14H2,1-3H3. The molecule has 7 heteroatoms. The third kappa shape index (κ3) is 4.31. The predicted octanol–water partition coefficient (Wildman–Crippen LogP) is 4.46. The molecule has 162 valence electrons. The predicted molar refractivity (Wildman–Crippen MR) is 113 cm³/mol. The number of ether oxygens (including phenoxy) is 1. The Balaban J connectivity index is 1.73. The maximum atomic E-state index is 14.0. The van der Waals surface area contributed by atoms with E-state index >= 15 is 0 Å². The summed E-state index contributed by atoms with van der Waals surface area (Å²) in [4.78, 5) is 27.6. The van der Waals surface area contributed by atoms with Crippen LogP contribution in [-0.2, 0) is 29.0 Å². The van der Waals surface area contributed by atoms with E-state index in [1.807, 2.05) is 0 Å². The average molecular weight is 426 g/mol. The number of rotatable bonds is 4. The Hall–Kier alpha value is -3.22. The largest absolute Gasteiger partial charge is 0.459 e. The monoisotopic (exact) mass is 426 g/mol. The number of aromatic nitrogens is 1. The Labute approximate surface area is 179 Å². The summed E-state index contributed by atoms with van der Waals surface area (Å²) in [5.41, 5.74) is 1.87. The molecule has 0 saturated carbocycles. The molecule has 0 fully saturated rings. The van der Waals surface area contributed by atoms with Crippen LogP contribution in [-0.4, -0.2) is 33.5 Å². The van der Waals surface area contributed by atoms with E-state index in [1.54, 1.807) is 48.4 Å². The highest BCUT2D eigenvalue weighted by atomic mass is 19.1. The Morgan fingerprint density at radius 1 is 1.06 bits per heavy atom. The van der Waals surface area contributed by atoms with Gasteiger partial charge in [-0.05, 0) is 68.7 Å². The maximum Gasteiger partial charge on any atom is 0.326 e. The minimum atomic E-state index is -0.662. The van der Waals surface area contributed by atoms with Gasteiger partial charge in [0.25, 0.3) is 5.91 Å². The number of carbonyl (C=O) groups is 2. The second kappa shape index (κ2) is 7.80. The number of hydrogen-bond donors (Lipinski definition) is 0. The molecule has 2 aromatic carbocycles. The molecule has 0 aliphatic carbocycles. The first kappa shape index (κ1) is 21.0. The number of nitrogens with zero attached hydrogens (tertiary/aromatic N) is 2. The molecule has 0 radical (unpaired) electrons. The molecule has 2 heterocycles. The topological polar surface area (TPSA) is 51.5 Å². The molecule has 1 aliphatic heterocycles. The van der Waals surface area contributed by atoms with Gasteiger partial charge in [-0.25, -0.2) is 8.78 Å². The fraction of sp³-hybridized carbons (Fsp3) is 0.333. The van der Waals surface area contributed by atoms with E-state index in [-0.39, 0.29) is 18.3 Å². The number of carbonyl (C=O) groups excluding carboxylic acids is 2. The van der Waals surface area contributed by atoms with Crippen molar-refractivity contribution in [2.45, 2.75) is 45.9 Å². The van der Waals surface area contributed by atoms with Gasteiger partial charge >= 0.3 is 5.97 Å². The minimum absolute atomic E-state index is 0.148. The fourth-order valence-electron chi connectivity index (χ4n) is 4.02. The average Bonchev–Trinajstić information content (AvgIpc) is 2.97. The van der Waals surface area contributed by atoms with Crippen LogP contribution in [0.15, 0.2) is 42.5 Å². The maximum absolute atomic E-state index is 14.0. The summed E-state index contributed by atoms with van der Waals surface area (Å²) in [6.45, 7) is 5.95. The lowest BCUT2D eigenvalue weighted by atomic mass is 10.0. The van der Waals surface area contributed by atoms with Crippen molar-refractivity contribution in [3.05, 3.63) is 70.9 Å². The summed E-state index contributed by atoms with van der Waals surface area (Å²) >= 11 is 0. The van der Waals surface area contributed by atoms with Crippen LogP contribution in [0.3, 0.4) is 0 Å². The molecule has 0 saturated heterocycles. The van der Waals surface area contributed by atoms with Crippen LogP contribution in [0.25, 0.3) is 10.9 Å². The molecular weight excluding hydrogens is 402 g/mol. The fourth-order valence-corrected chi connectivity index (χ4v) is 4.02. The van der Waals surface area contributed by atoms with Gasteiger partial charge in [0.2, 0.25) is 0 Å². The van der Waals surface area contributed by atoms with Crippen molar-refractivity contribution in [1.82, 2.24) is 9.47 Å². The molecular formula is C24H24F2N2O3. The molecule has 0 spiro atoms. The van der Waals surface area contributed by atoms with Crippen LogP contribution in [0.1, 0.15) is 42.4 Å². The van der Waals surface area contributed by atoms with Crippen LogP contribution < -0.4 is 0 Å². The number of halogens is 2. The van der Waals surface area contributed by atoms with E-state index < -0.39 is 17.4 Å². The van der Waals surface area contributed by atoms with Gasteiger partial charge in [-0.1, -0.05) is 12.1 Å². The molecule has 3 aromatic rings. The number of fused-ring (bicyclic) bond motifs is 3. The molecule has 0 unspecified atom stereocenters. The zero-order valence-electron chi connectivity index (χ0n) is 17.7. The lowest BCUT2D eigenvalue weighted by Gasteiger charge is -2.28. The summed E-state index contributed by atoms with van der Waals surface area (Å²) in [5.74, 6) is -1.45. The molecule has 0 N–H and O–H groups in total. The SMILES string of the molecule is CC(C)(C)OC(=O)Cn1c2c(c3cc(F)ccc31)CCN(Cc1ccc(F)cc1)C2=O. The van der Waals surface area contributed by atoms with Crippen molar-refractivity contribution >= 4 is 22.8 Å². The Morgan fingerprint density at radius 3 is 2.42 bits per heavy atom. The third-order valence-corrected chi connectivity index (χ3v) is 5.25. The van der Waals surface area contributed by atoms with E-state index in [0.717, 1.165) is 11.1 Å². The van der Waals surface area contributed by atoms with Crippen LogP contribution in [0.4, 0.5) is 8.78 Å². The zero-order valence-corrected chi connectivity index (χ0v) is 17.7. The molecule has 31 heavy (non-hydrogen) atoms. The quantitative estimate of drug-likeness (QED) is 0.579. The van der Waals surface area contributed by atoms with Crippen LogP contribution in [0, 0.1) is 11.6 Å². The van der Waals surface area contributed by atoms with Crippen LogP contribution in [0.2, 0.25) is 0 Å². The highest BCUT2D eigenvalue weighted by Gasteiger charge is 2.32. The molecule has 4 rings (SSSR count). The highest BCUT2D eigenvalue weighted by Crippen LogP contribution is 2.32. The van der Waals surface area contributed by atoms with E-state index in [2.05, 4.69) is 0 Å². The molecule has 1 amide bonds. The molecule has 0 bridgehead atoms. The smallest absolute Gasteiger partial charge is 0.326 e. The highest BCUT2D eigenvalue weighted by molar-refractivity contribution is 6.03.